The fraction of sp³-hybridized carbons (Fsp3) is 0.385. The van der Waals surface area contributed by atoms with Crippen molar-refractivity contribution in [2.75, 3.05) is 5.32 Å². The third-order valence-electron chi connectivity index (χ3n) is 2.42. The third kappa shape index (κ3) is 3.63. The molecule has 21 heavy (non-hydrogen) atoms. The van der Waals surface area contributed by atoms with Crippen molar-refractivity contribution in [1.82, 2.24) is 4.98 Å². The number of hydrogen-bond acceptors (Lipinski definition) is 4. The van der Waals surface area contributed by atoms with E-state index >= 15 is 0 Å². The fourth-order valence-corrected chi connectivity index (χ4v) is 2.54. The summed E-state index contributed by atoms with van der Waals surface area (Å²) in [6.07, 6.45) is -5.20. The van der Waals surface area contributed by atoms with Gasteiger partial charge in [-0.3, -0.25) is 5.32 Å². The molecule has 4 nitrogen and oxygen atoms in total. The van der Waals surface area contributed by atoms with Crippen LogP contribution in [0.1, 0.15) is 26.3 Å². The van der Waals surface area contributed by atoms with E-state index in [9.17, 15) is 18.0 Å². The molecule has 0 saturated heterocycles. The number of halogens is 3. The Morgan fingerprint density at radius 3 is 2.52 bits per heavy atom. The van der Waals surface area contributed by atoms with E-state index in [0.717, 1.165) is 17.4 Å². The number of thiazole rings is 1. The average Bonchev–Trinajstić information content (AvgIpc) is 2.73. The van der Waals surface area contributed by atoms with Crippen LogP contribution in [0.2, 0.25) is 0 Å². The number of nitrogens with zero attached hydrogens (tertiary/aromatic N) is 1. The zero-order valence-electron chi connectivity index (χ0n) is 11.5. The number of aromatic nitrogens is 1. The summed E-state index contributed by atoms with van der Waals surface area (Å²) in [5.41, 5.74) is 0.126. The highest BCUT2D eigenvalue weighted by Crippen LogP contribution is 2.39. The summed E-state index contributed by atoms with van der Waals surface area (Å²) < 4.78 is 43.7. The lowest BCUT2D eigenvalue weighted by molar-refractivity contribution is -0.136. The Labute approximate surface area is 122 Å². The summed E-state index contributed by atoms with van der Waals surface area (Å²) in [5, 5.41) is 2.42. The van der Waals surface area contributed by atoms with Gasteiger partial charge in [0.15, 0.2) is 0 Å². The molecule has 114 valence electrons. The summed E-state index contributed by atoms with van der Waals surface area (Å²) in [6, 6.07) is 2.10. The molecule has 2 aromatic rings. The smallest absolute Gasteiger partial charge is 0.417 e. The van der Waals surface area contributed by atoms with Crippen molar-refractivity contribution in [3.63, 3.8) is 0 Å². The van der Waals surface area contributed by atoms with Crippen molar-refractivity contribution in [3.8, 4) is 0 Å². The highest BCUT2D eigenvalue weighted by molar-refractivity contribution is 7.17. The Hall–Kier alpha value is -1.83. The van der Waals surface area contributed by atoms with Crippen LogP contribution in [0.4, 0.5) is 23.7 Å². The Morgan fingerprint density at radius 1 is 1.29 bits per heavy atom. The number of hydrogen-bond donors (Lipinski definition) is 1. The second-order valence-electron chi connectivity index (χ2n) is 5.32. The molecular weight excluding hydrogens is 305 g/mol. The van der Waals surface area contributed by atoms with Crippen LogP contribution in [-0.4, -0.2) is 16.7 Å². The van der Waals surface area contributed by atoms with E-state index < -0.39 is 23.4 Å². The number of carbonyl (C=O) groups excluding carboxylic acids is 1. The lowest BCUT2D eigenvalue weighted by Crippen LogP contribution is -2.27. The van der Waals surface area contributed by atoms with Gasteiger partial charge in [-0.1, -0.05) is 0 Å². The van der Waals surface area contributed by atoms with Gasteiger partial charge < -0.3 is 4.74 Å². The third-order valence-corrected chi connectivity index (χ3v) is 3.28. The molecule has 8 heteroatoms. The molecule has 0 aliphatic carbocycles. The molecule has 0 radical (unpaired) electrons. The standard InChI is InChI=1S/C13H13F3N2O2S/c1-12(2,3)20-11(19)18-8-5-4-7(13(14,15)16)10-9(8)17-6-21-10/h4-6H,1-3H3,(H,18,19). The lowest BCUT2D eigenvalue weighted by Gasteiger charge is -2.20. The molecule has 1 amide bonds. The first-order valence-corrected chi connectivity index (χ1v) is 6.89. The van der Waals surface area contributed by atoms with Gasteiger partial charge in [0.25, 0.3) is 0 Å². The molecule has 0 aliphatic rings. The van der Waals surface area contributed by atoms with Gasteiger partial charge in [-0.05, 0) is 32.9 Å². The van der Waals surface area contributed by atoms with Crippen LogP contribution >= 0.6 is 11.3 Å². The van der Waals surface area contributed by atoms with Gasteiger partial charge in [0.1, 0.15) is 11.1 Å². The predicted molar refractivity (Wildman–Crippen MR) is 74.5 cm³/mol. The second kappa shape index (κ2) is 5.18. The number of nitrogens with one attached hydrogen (secondary N) is 1. The summed E-state index contributed by atoms with van der Waals surface area (Å²) in [5.74, 6) is 0. The van der Waals surface area contributed by atoms with Crippen LogP contribution in [0.5, 0.6) is 0 Å². The number of alkyl halides is 3. The molecular formula is C13H13F3N2O2S. The lowest BCUT2D eigenvalue weighted by atomic mass is 10.1. The number of benzene rings is 1. The number of ether oxygens (including phenoxy) is 1. The minimum absolute atomic E-state index is 0.0175. The molecule has 0 fully saturated rings. The number of anilines is 1. The van der Waals surface area contributed by atoms with Gasteiger partial charge in [0.05, 0.1) is 21.5 Å². The van der Waals surface area contributed by atoms with E-state index in [1.54, 1.807) is 20.8 Å². The van der Waals surface area contributed by atoms with Crippen molar-refractivity contribution in [1.29, 1.82) is 0 Å². The highest BCUT2D eigenvalue weighted by Gasteiger charge is 2.34. The van der Waals surface area contributed by atoms with E-state index in [-0.39, 0.29) is 15.9 Å². The Kier molecular flexibility index (Phi) is 3.83. The zero-order valence-corrected chi connectivity index (χ0v) is 12.4. The molecule has 1 N–H and O–H groups in total. The Morgan fingerprint density at radius 2 is 1.95 bits per heavy atom. The number of carbonyl (C=O) groups is 1. The van der Waals surface area contributed by atoms with Crippen molar-refractivity contribution >= 4 is 33.3 Å². The van der Waals surface area contributed by atoms with E-state index in [2.05, 4.69) is 10.3 Å². The quantitative estimate of drug-likeness (QED) is 0.832. The van der Waals surface area contributed by atoms with Gasteiger partial charge in [-0.2, -0.15) is 13.2 Å². The van der Waals surface area contributed by atoms with E-state index in [1.165, 1.54) is 11.6 Å². The maximum Gasteiger partial charge on any atom is 0.417 e. The minimum atomic E-state index is -4.46. The molecule has 0 atom stereocenters. The summed E-state index contributed by atoms with van der Waals surface area (Å²) in [7, 11) is 0. The van der Waals surface area contributed by atoms with Crippen molar-refractivity contribution < 1.29 is 22.7 Å². The first-order valence-electron chi connectivity index (χ1n) is 6.01. The number of amides is 1. The molecule has 0 saturated carbocycles. The monoisotopic (exact) mass is 318 g/mol. The molecule has 1 aromatic heterocycles. The molecule has 1 aromatic carbocycles. The molecule has 0 bridgehead atoms. The summed E-state index contributed by atoms with van der Waals surface area (Å²) in [6.45, 7) is 5.08. The fourth-order valence-electron chi connectivity index (χ4n) is 1.69. The average molecular weight is 318 g/mol. The van der Waals surface area contributed by atoms with E-state index in [1.807, 2.05) is 0 Å². The SMILES string of the molecule is CC(C)(C)OC(=O)Nc1ccc(C(F)(F)F)c2scnc12. The van der Waals surface area contributed by atoms with Crippen LogP contribution in [0, 0.1) is 0 Å². The van der Waals surface area contributed by atoms with Crippen LogP contribution < -0.4 is 5.32 Å². The van der Waals surface area contributed by atoms with Gasteiger partial charge in [-0.25, -0.2) is 9.78 Å². The minimum Gasteiger partial charge on any atom is -0.444 e. The molecule has 0 unspecified atom stereocenters. The zero-order chi connectivity index (χ0) is 15.8. The topological polar surface area (TPSA) is 51.2 Å². The summed E-state index contributed by atoms with van der Waals surface area (Å²) >= 11 is 0.872. The van der Waals surface area contributed by atoms with Gasteiger partial charge >= 0.3 is 12.3 Å². The summed E-state index contributed by atoms with van der Waals surface area (Å²) in [4.78, 5) is 15.6. The molecule has 0 spiro atoms. The van der Waals surface area contributed by atoms with Crippen molar-refractivity contribution in [2.45, 2.75) is 32.5 Å². The molecule has 0 aliphatic heterocycles. The van der Waals surface area contributed by atoms with Crippen LogP contribution in [0.25, 0.3) is 10.2 Å². The van der Waals surface area contributed by atoms with Gasteiger partial charge in [-0.15, -0.1) is 11.3 Å². The number of rotatable bonds is 1. The largest absolute Gasteiger partial charge is 0.444 e. The van der Waals surface area contributed by atoms with Crippen LogP contribution in [-0.2, 0) is 10.9 Å². The second-order valence-corrected chi connectivity index (χ2v) is 6.17. The normalized spacial score (nSPS) is 12.5. The Balaban J connectivity index is 2.35. The van der Waals surface area contributed by atoms with E-state index in [0.29, 0.717) is 0 Å². The van der Waals surface area contributed by atoms with Crippen LogP contribution in [0.15, 0.2) is 17.6 Å². The number of fused-ring (bicyclic) bond motifs is 1. The van der Waals surface area contributed by atoms with Crippen molar-refractivity contribution in [3.05, 3.63) is 23.2 Å². The van der Waals surface area contributed by atoms with Gasteiger partial charge in [0.2, 0.25) is 0 Å². The molecule has 1 heterocycles. The Bertz CT molecular complexity index is 674. The maximum absolute atomic E-state index is 12.9. The van der Waals surface area contributed by atoms with Crippen molar-refractivity contribution in [2.24, 2.45) is 0 Å². The van der Waals surface area contributed by atoms with E-state index in [4.69, 9.17) is 4.74 Å². The molecule has 2 rings (SSSR count). The van der Waals surface area contributed by atoms with Crippen LogP contribution in [0.3, 0.4) is 0 Å². The first kappa shape index (κ1) is 15.6. The first-order chi connectivity index (χ1) is 9.58. The highest BCUT2D eigenvalue weighted by atomic mass is 32.1. The predicted octanol–water partition coefficient (Wildman–Crippen LogP) is 4.66. The van der Waals surface area contributed by atoms with Gasteiger partial charge in [0, 0.05) is 0 Å². The maximum atomic E-state index is 12.9.